The molecule has 0 bridgehead atoms. The highest BCUT2D eigenvalue weighted by Crippen LogP contribution is 2.47. The fraction of sp³-hybridized carbons (Fsp3) is 0.333. The van der Waals surface area contributed by atoms with E-state index in [-0.39, 0.29) is 17.3 Å². The maximum absolute atomic E-state index is 13.6. The molecule has 3 rings (SSSR count). The normalized spacial score (nSPS) is 18.9. The number of hydrogen-bond acceptors (Lipinski definition) is 2. The van der Waals surface area contributed by atoms with Gasteiger partial charge in [-0.1, -0.05) is 45.0 Å². The SMILES string of the molecule is CC(C)(C)c1ccc([C@H]2C[C@@H]2C(=O)NN=Cc2c(F)c(F)c(F)c(F)c2F)cc1. The molecule has 1 saturated carbocycles. The molecule has 0 unspecified atom stereocenters. The van der Waals surface area contributed by atoms with Crippen molar-refractivity contribution in [3.05, 3.63) is 70.0 Å². The molecule has 0 aromatic heterocycles. The number of nitrogens with one attached hydrogen (secondary N) is 1. The quantitative estimate of drug-likeness (QED) is 0.251. The summed E-state index contributed by atoms with van der Waals surface area (Å²) in [5.74, 6) is -11.3. The average molecular weight is 410 g/mol. The van der Waals surface area contributed by atoms with Crippen LogP contribution in [0.5, 0.6) is 0 Å². The van der Waals surface area contributed by atoms with E-state index in [1.807, 2.05) is 24.3 Å². The van der Waals surface area contributed by atoms with Crippen molar-refractivity contribution in [1.82, 2.24) is 5.43 Å². The number of rotatable bonds is 4. The van der Waals surface area contributed by atoms with Crippen molar-refractivity contribution in [3.63, 3.8) is 0 Å². The zero-order valence-corrected chi connectivity index (χ0v) is 16.0. The largest absolute Gasteiger partial charge is 0.273 e. The summed E-state index contributed by atoms with van der Waals surface area (Å²) >= 11 is 0. The summed E-state index contributed by atoms with van der Waals surface area (Å²) in [6.07, 6.45) is 0.989. The van der Waals surface area contributed by atoms with Gasteiger partial charge in [0.1, 0.15) is 0 Å². The lowest BCUT2D eigenvalue weighted by Crippen LogP contribution is -2.20. The summed E-state index contributed by atoms with van der Waals surface area (Å²) in [6.45, 7) is 6.29. The molecule has 154 valence electrons. The second-order valence-electron chi connectivity index (χ2n) is 8.04. The molecule has 2 aromatic rings. The molecule has 29 heavy (non-hydrogen) atoms. The summed E-state index contributed by atoms with van der Waals surface area (Å²) in [4.78, 5) is 12.1. The van der Waals surface area contributed by atoms with Crippen LogP contribution < -0.4 is 5.43 Å². The van der Waals surface area contributed by atoms with E-state index in [0.717, 1.165) is 11.1 Å². The molecule has 3 nitrogen and oxygen atoms in total. The summed E-state index contributed by atoms with van der Waals surface area (Å²) in [5.41, 5.74) is 3.04. The molecule has 1 amide bonds. The Labute approximate surface area is 164 Å². The molecule has 1 N–H and O–H groups in total. The van der Waals surface area contributed by atoms with Crippen LogP contribution in [-0.2, 0) is 10.2 Å². The molecule has 0 aliphatic heterocycles. The van der Waals surface area contributed by atoms with E-state index >= 15 is 0 Å². The molecule has 1 aliphatic rings. The van der Waals surface area contributed by atoms with Gasteiger partial charge in [-0.25, -0.2) is 27.4 Å². The van der Waals surface area contributed by atoms with Gasteiger partial charge in [0.05, 0.1) is 11.8 Å². The monoisotopic (exact) mass is 410 g/mol. The molecule has 2 aromatic carbocycles. The van der Waals surface area contributed by atoms with Crippen molar-refractivity contribution in [2.45, 2.75) is 38.5 Å². The Balaban J connectivity index is 1.65. The van der Waals surface area contributed by atoms with Crippen LogP contribution in [0, 0.1) is 35.0 Å². The number of halogens is 5. The number of carbonyl (C=O) groups is 1. The lowest BCUT2D eigenvalue weighted by Gasteiger charge is -2.19. The third kappa shape index (κ3) is 4.16. The van der Waals surface area contributed by atoms with Crippen LogP contribution in [0.15, 0.2) is 29.4 Å². The Morgan fingerprint density at radius 2 is 1.48 bits per heavy atom. The molecule has 8 heteroatoms. The fourth-order valence-corrected chi connectivity index (χ4v) is 3.06. The number of hydrogen-bond donors (Lipinski definition) is 1. The van der Waals surface area contributed by atoms with Crippen molar-refractivity contribution in [1.29, 1.82) is 0 Å². The van der Waals surface area contributed by atoms with E-state index in [2.05, 4.69) is 31.3 Å². The van der Waals surface area contributed by atoms with Crippen molar-refractivity contribution in [2.75, 3.05) is 0 Å². The summed E-state index contributed by atoms with van der Waals surface area (Å²) in [5, 5.41) is 3.35. The van der Waals surface area contributed by atoms with E-state index in [0.29, 0.717) is 12.6 Å². The lowest BCUT2D eigenvalue weighted by atomic mass is 9.86. The smallest absolute Gasteiger partial charge is 0.243 e. The van der Waals surface area contributed by atoms with Crippen molar-refractivity contribution >= 4 is 12.1 Å². The molecule has 0 spiro atoms. The molecule has 0 radical (unpaired) electrons. The third-order valence-electron chi connectivity index (χ3n) is 4.94. The Morgan fingerprint density at radius 1 is 0.966 bits per heavy atom. The van der Waals surface area contributed by atoms with Gasteiger partial charge in [-0.3, -0.25) is 4.79 Å². The van der Waals surface area contributed by atoms with Gasteiger partial charge in [0.25, 0.3) is 0 Å². The summed E-state index contributed by atoms with van der Waals surface area (Å²) in [6, 6.07) is 7.92. The standard InChI is InChI=1S/C21H19F5N2O/c1-21(2,3)11-6-4-10(5-7-11)12-8-13(12)20(29)28-27-9-14-15(22)17(24)19(26)18(25)16(14)23/h4-7,9,12-13H,8H2,1-3H3,(H,28,29)/t12-,13+/m1/s1. The average Bonchev–Trinajstić information content (AvgIpc) is 3.48. The highest BCUT2D eigenvalue weighted by atomic mass is 19.2. The molecule has 1 aliphatic carbocycles. The van der Waals surface area contributed by atoms with Crippen molar-refractivity contribution < 1.29 is 26.7 Å². The number of nitrogens with zero attached hydrogens (tertiary/aromatic N) is 1. The van der Waals surface area contributed by atoms with Crippen LogP contribution in [0.3, 0.4) is 0 Å². The second kappa shape index (κ2) is 7.57. The van der Waals surface area contributed by atoms with E-state index in [1.165, 1.54) is 0 Å². The molecular formula is C21H19F5N2O. The Kier molecular flexibility index (Phi) is 5.47. The Morgan fingerprint density at radius 3 is 2.00 bits per heavy atom. The van der Waals surface area contributed by atoms with E-state index in [4.69, 9.17) is 0 Å². The molecule has 0 saturated heterocycles. The van der Waals surface area contributed by atoms with Crippen LogP contribution >= 0.6 is 0 Å². The van der Waals surface area contributed by atoms with Crippen molar-refractivity contribution in [2.24, 2.45) is 11.0 Å². The zero-order chi connectivity index (χ0) is 21.5. The van der Waals surface area contributed by atoms with Gasteiger partial charge in [-0.05, 0) is 28.9 Å². The Bertz CT molecular complexity index is 951. The first kappa shape index (κ1) is 21.0. The van der Waals surface area contributed by atoms with Gasteiger partial charge >= 0.3 is 0 Å². The van der Waals surface area contributed by atoms with Crippen LogP contribution in [0.1, 0.15) is 49.8 Å². The van der Waals surface area contributed by atoms with Crippen LogP contribution in [0.2, 0.25) is 0 Å². The predicted molar refractivity (Wildman–Crippen MR) is 98.0 cm³/mol. The van der Waals surface area contributed by atoms with Gasteiger partial charge < -0.3 is 0 Å². The van der Waals surface area contributed by atoms with Crippen molar-refractivity contribution in [3.8, 4) is 0 Å². The van der Waals surface area contributed by atoms with Gasteiger partial charge in [0.2, 0.25) is 11.7 Å². The minimum absolute atomic E-state index is 0.00611. The highest BCUT2D eigenvalue weighted by molar-refractivity contribution is 5.85. The highest BCUT2D eigenvalue weighted by Gasteiger charge is 2.44. The Hall–Kier alpha value is -2.77. The summed E-state index contributed by atoms with van der Waals surface area (Å²) in [7, 11) is 0. The fourth-order valence-electron chi connectivity index (χ4n) is 3.06. The first-order chi connectivity index (χ1) is 13.5. The van der Waals surface area contributed by atoms with E-state index in [1.54, 1.807) is 0 Å². The van der Waals surface area contributed by atoms with Crippen LogP contribution in [0.25, 0.3) is 0 Å². The number of benzene rings is 2. The van der Waals surface area contributed by atoms with Gasteiger partial charge in [0, 0.05) is 5.92 Å². The number of carbonyl (C=O) groups excluding carboxylic acids is 1. The maximum atomic E-state index is 13.6. The zero-order valence-electron chi connectivity index (χ0n) is 16.0. The van der Waals surface area contributed by atoms with E-state index < -0.39 is 40.6 Å². The number of hydrazone groups is 1. The topological polar surface area (TPSA) is 41.5 Å². The lowest BCUT2D eigenvalue weighted by molar-refractivity contribution is -0.122. The first-order valence-corrected chi connectivity index (χ1v) is 8.97. The molecule has 1 fully saturated rings. The molecule has 2 atom stereocenters. The number of amides is 1. The first-order valence-electron chi connectivity index (χ1n) is 8.97. The third-order valence-corrected chi connectivity index (χ3v) is 4.94. The van der Waals surface area contributed by atoms with Gasteiger partial charge in [-0.2, -0.15) is 5.10 Å². The minimum Gasteiger partial charge on any atom is -0.273 e. The van der Waals surface area contributed by atoms with Gasteiger partial charge in [-0.15, -0.1) is 0 Å². The van der Waals surface area contributed by atoms with E-state index in [9.17, 15) is 26.7 Å². The minimum atomic E-state index is -2.25. The van der Waals surface area contributed by atoms with Crippen LogP contribution in [0.4, 0.5) is 22.0 Å². The van der Waals surface area contributed by atoms with Gasteiger partial charge in [0.15, 0.2) is 23.3 Å². The van der Waals surface area contributed by atoms with Crippen LogP contribution in [-0.4, -0.2) is 12.1 Å². The summed E-state index contributed by atoms with van der Waals surface area (Å²) < 4.78 is 66.5. The maximum Gasteiger partial charge on any atom is 0.243 e. The predicted octanol–water partition coefficient (Wildman–Crippen LogP) is 4.93. The molecular weight excluding hydrogens is 391 g/mol. The molecule has 0 heterocycles. The second-order valence-corrected chi connectivity index (χ2v) is 8.04.